The van der Waals surface area contributed by atoms with Crippen molar-refractivity contribution < 1.29 is 37.0 Å². The summed E-state index contributed by atoms with van der Waals surface area (Å²) in [6, 6.07) is 0.471. The third-order valence-corrected chi connectivity index (χ3v) is 10.1. The SMILES string of the molecule is CCNC(=O)C(=O)[C@H](Cc1ccc(F)c(F)c1)NC(=O)[C@@H](NC(=O)CNC(=O)CCCCC1CCSS1=O)C(C)C. The lowest BCUT2D eigenvalue weighted by Crippen LogP contribution is -2.57. The molecule has 4 atom stereocenters. The molecule has 14 heteroatoms. The highest BCUT2D eigenvalue weighted by Gasteiger charge is 2.32. The second-order valence-corrected chi connectivity index (χ2v) is 13.6. The van der Waals surface area contributed by atoms with Gasteiger partial charge in [0.25, 0.3) is 5.91 Å². The minimum Gasteiger partial charge on any atom is -0.350 e. The van der Waals surface area contributed by atoms with Gasteiger partial charge in [0.15, 0.2) is 11.6 Å². The maximum Gasteiger partial charge on any atom is 0.289 e. The van der Waals surface area contributed by atoms with Gasteiger partial charge >= 0.3 is 0 Å². The normalized spacial score (nSPS) is 17.9. The lowest BCUT2D eigenvalue weighted by molar-refractivity contribution is -0.140. The second kappa shape index (κ2) is 17.2. The van der Waals surface area contributed by atoms with E-state index < -0.39 is 63.0 Å². The van der Waals surface area contributed by atoms with Crippen LogP contribution in [0.3, 0.4) is 0 Å². The molecule has 0 radical (unpaired) electrons. The summed E-state index contributed by atoms with van der Waals surface area (Å²) in [5, 5.41) is 10.0. The zero-order valence-corrected chi connectivity index (χ0v) is 25.1. The van der Waals surface area contributed by atoms with Crippen LogP contribution < -0.4 is 21.3 Å². The van der Waals surface area contributed by atoms with E-state index in [1.807, 2.05) is 0 Å². The molecule has 0 bridgehead atoms. The summed E-state index contributed by atoms with van der Waals surface area (Å²) in [6.07, 6.45) is 2.98. The van der Waals surface area contributed by atoms with Crippen LogP contribution in [0.1, 0.15) is 58.4 Å². The summed E-state index contributed by atoms with van der Waals surface area (Å²) in [7, 11) is 0.600. The highest BCUT2D eigenvalue weighted by atomic mass is 33.1. The molecule has 41 heavy (non-hydrogen) atoms. The molecule has 228 valence electrons. The first-order valence-electron chi connectivity index (χ1n) is 13.6. The topological polar surface area (TPSA) is 151 Å². The van der Waals surface area contributed by atoms with Gasteiger partial charge in [0.05, 0.1) is 16.4 Å². The van der Waals surface area contributed by atoms with Crippen LogP contribution in [-0.4, -0.2) is 69.8 Å². The van der Waals surface area contributed by atoms with E-state index in [1.54, 1.807) is 20.8 Å². The van der Waals surface area contributed by atoms with E-state index in [0.717, 1.165) is 37.1 Å². The van der Waals surface area contributed by atoms with Gasteiger partial charge in [-0.05, 0) is 49.8 Å². The van der Waals surface area contributed by atoms with Crippen LogP contribution in [0, 0.1) is 17.6 Å². The Morgan fingerprint density at radius 1 is 1.02 bits per heavy atom. The molecule has 0 aliphatic carbocycles. The van der Waals surface area contributed by atoms with E-state index in [1.165, 1.54) is 16.9 Å². The molecule has 4 N–H and O–H groups in total. The van der Waals surface area contributed by atoms with E-state index in [-0.39, 0.29) is 42.7 Å². The first-order valence-corrected chi connectivity index (χ1v) is 16.3. The second-order valence-electron chi connectivity index (χ2n) is 10.0. The van der Waals surface area contributed by atoms with E-state index in [2.05, 4.69) is 21.3 Å². The number of nitrogens with one attached hydrogen (secondary N) is 4. The Kier molecular flexibility index (Phi) is 14.4. The lowest BCUT2D eigenvalue weighted by atomic mass is 9.99. The number of hydrogen-bond donors (Lipinski definition) is 4. The maximum atomic E-state index is 13.7. The van der Waals surface area contributed by atoms with Gasteiger partial charge in [-0.15, -0.1) is 0 Å². The van der Waals surface area contributed by atoms with E-state index in [0.29, 0.717) is 6.42 Å². The molecule has 4 amide bonds. The monoisotopic (exact) mass is 616 g/mol. The number of unbranched alkanes of at least 4 members (excludes halogenated alkanes) is 1. The molecule has 0 saturated carbocycles. The summed E-state index contributed by atoms with van der Waals surface area (Å²) in [4.78, 5) is 62.8. The third kappa shape index (κ3) is 11.5. The van der Waals surface area contributed by atoms with Crippen LogP contribution in [0.4, 0.5) is 8.78 Å². The fourth-order valence-electron chi connectivity index (χ4n) is 4.16. The molecule has 1 saturated heterocycles. The predicted molar refractivity (Wildman–Crippen MR) is 153 cm³/mol. The van der Waals surface area contributed by atoms with Crippen LogP contribution >= 0.6 is 10.8 Å². The minimum atomic E-state index is -1.41. The van der Waals surface area contributed by atoms with Gasteiger partial charge in [-0.2, -0.15) is 0 Å². The number of carbonyl (C=O) groups is 5. The molecular formula is C27H38F2N4O6S2. The van der Waals surface area contributed by atoms with Crippen molar-refractivity contribution in [2.45, 2.75) is 76.6 Å². The smallest absolute Gasteiger partial charge is 0.289 e. The average molecular weight is 617 g/mol. The van der Waals surface area contributed by atoms with Crippen molar-refractivity contribution in [3.8, 4) is 0 Å². The summed E-state index contributed by atoms with van der Waals surface area (Å²) in [5.41, 5.74) is 0.176. The number of likely N-dealkylation sites (N-methyl/N-ethyl adjacent to an activating group) is 1. The van der Waals surface area contributed by atoms with Gasteiger partial charge in [0.2, 0.25) is 23.5 Å². The van der Waals surface area contributed by atoms with Gasteiger partial charge in [0.1, 0.15) is 12.1 Å². The zero-order chi connectivity index (χ0) is 30.5. The number of Topliss-reactive ketones (excluding diaryl/α,β-unsaturated/α-hetero) is 1. The third-order valence-electron chi connectivity index (χ3n) is 6.42. The Balaban J connectivity index is 1.93. The fourth-order valence-corrected chi connectivity index (χ4v) is 7.65. The molecule has 1 aliphatic heterocycles. The zero-order valence-electron chi connectivity index (χ0n) is 23.4. The molecule has 1 fully saturated rings. The predicted octanol–water partition coefficient (Wildman–Crippen LogP) is 1.68. The molecule has 0 spiro atoms. The van der Waals surface area contributed by atoms with Crippen molar-refractivity contribution in [1.82, 2.24) is 21.3 Å². The Morgan fingerprint density at radius 2 is 1.76 bits per heavy atom. The molecule has 2 rings (SSSR count). The highest BCUT2D eigenvalue weighted by molar-refractivity contribution is 8.69. The number of halogens is 2. The number of amides is 4. The maximum absolute atomic E-state index is 13.7. The van der Waals surface area contributed by atoms with Gasteiger partial charge < -0.3 is 21.3 Å². The van der Waals surface area contributed by atoms with E-state index in [4.69, 9.17) is 0 Å². The molecule has 1 heterocycles. The first kappa shape index (κ1) is 34.3. The van der Waals surface area contributed by atoms with Crippen LogP contribution in [0.5, 0.6) is 0 Å². The summed E-state index contributed by atoms with van der Waals surface area (Å²) in [5.74, 6) is -5.42. The van der Waals surface area contributed by atoms with Gasteiger partial charge in [-0.3, -0.25) is 24.0 Å². The van der Waals surface area contributed by atoms with Crippen molar-refractivity contribution in [3.05, 3.63) is 35.4 Å². The molecule has 0 aromatic heterocycles. The Bertz CT molecular complexity index is 1140. The Hall–Kier alpha value is -2.87. The van der Waals surface area contributed by atoms with Gasteiger partial charge in [-0.25, -0.2) is 13.0 Å². The standard InChI is InChI=1S/C27H38F2N4O6S2/c1-4-30-27(38)25(36)21(14-17-9-10-19(28)20(29)13-17)32-26(37)24(16(2)3)33-23(35)15-31-22(34)8-6-5-7-18-11-12-40-41(18)39/h9-10,13,16,18,21,24H,4-8,11-12,14-15H2,1-3H3,(H,30,38)(H,31,34)(H,32,37)(H,33,35)/t18?,21-,24-,41?/m0/s1. The Labute approximate surface area is 244 Å². The van der Waals surface area contributed by atoms with Crippen molar-refractivity contribution in [2.75, 3.05) is 18.8 Å². The molecule has 1 aromatic carbocycles. The first-order chi connectivity index (χ1) is 19.4. The fraction of sp³-hybridized carbons (Fsp3) is 0.593. The molecule has 2 unspecified atom stereocenters. The van der Waals surface area contributed by atoms with Gasteiger partial charge in [-0.1, -0.05) is 37.1 Å². The Morgan fingerprint density at radius 3 is 2.37 bits per heavy atom. The molecule has 10 nitrogen and oxygen atoms in total. The van der Waals surface area contributed by atoms with Crippen molar-refractivity contribution in [2.24, 2.45) is 5.92 Å². The van der Waals surface area contributed by atoms with Crippen LogP contribution in [-0.2, 0) is 40.2 Å². The largest absolute Gasteiger partial charge is 0.350 e. The molecular weight excluding hydrogens is 578 g/mol. The summed E-state index contributed by atoms with van der Waals surface area (Å²) >= 11 is 0. The number of rotatable bonds is 16. The van der Waals surface area contributed by atoms with Gasteiger partial charge in [0, 0.05) is 30.4 Å². The minimum absolute atomic E-state index is 0.160. The lowest BCUT2D eigenvalue weighted by Gasteiger charge is -2.25. The number of benzene rings is 1. The summed E-state index contributed by atoms with van der Waals surface area (Å²) < 4.78 is 38.9. The van der Waals surface area contributed by atoms with Crippen molar-refractivity contribution >= 4 is 50.0 Å². The molecule has 1 aliphatic rings. The highest BCUT2D eigenvalue weighted by Crippen LogP contribution is 2.29. The van der Waals surface area contributed by atoms with Crippen molar-refractivity contribution in [3.63, 3.8) is 0 Å². The van der Waals surface area contributed by atoms with Crippen LogP contribution in [0.15, 0.2) is 18.2 Å². The van der Waals surface area contributed by atoms with Crippen LogP contribution in [0.25, 0.3) is 0 Å². The molecule has 1 aromatic rings. The van der Waals surface area contributed by atoms with Crippen molar-refractivity contribution in [1.29, 1.82) is 0 Å². The van der Waals surface area contributed by atoms with Crippen LogP contribution in [0.2, 0.25) is 0 Å². The number of ketones is 1. The number of carbonyl (C=O) groups excluding carboxylic acids is 5. The average Bonchev–Trinajstić information content (AvgIpc) is 3.33. The number of hydrogen-bond acceptors (Lipinski definition) is 7. The quantitative estimate of drug-likeness (QED) is 0.125. The van der Waals surface area contributed by atoms with E-state index >= 15 is 0 Å². The van der Waals surface area contributed by atoms with E-state index in [9.17, 15) is 37.0 Å². The summed E-state index contributed by atoms with van der Waals surface area (Å²) in [6.45, 7) is 4.72.